The number of hydrogen-bond donors (Lipinski definition) is 0. The lowest BCUT2D eigenvalue weighted by Crippen LogP contribution is -2.49. The maximum absolute atomic E-state index is 13.1. The molecule has 0 spiro atoms. The van der Waals surface area contributed by atoms with Crippen LogP contribution in [0.15, 0.2) is 29.3 Å². The summed E-state index contributed by atoms with van der Waals surface area (Å²) in [5.41, 5.74) is 3.87. The monoisotopic (exact) mass is 389 g/mol. The number of hydrogen-bond acceptors (Lipinski definition) is 6. The van der Waals surface area contributed by atoms with Crippen molar-refractivity contribution in [3.63, 3.8) is 0 Å². The highest BCUT2D eigenvalue weighted by Crippen LogP contribution is 2.25. The summed E-state index contributed by atoms with van der Waals surface area (Å²) in [6.45, 7) is 7.86. The Morgan fingerprint density at radius 3 is 2.19 bits per heavy atom. The van der Waals surface area contributed by atoms with Crippen LogP contribution in [0.5, 0.6) is 0 Å². The van der Waals surface area contributed by atoms with E-state index in [4.69, 9.17) is 0 Å². The molecule has 1 aromatic heterocycles. The highest BCUT2D eigenvalue weighted by Gasteiger charge is 2.30. The molecule has 1 aliphatic rings. The minimum absolute atomic E-state index is 0.411. The van der Waals surface area contributed by atoms with Crippen molar-refractivity contribution >= 4 is 21.5 Å². The SMILES string of the molecule is Cc1cc(C)c(S(=O)(=O)N2CCN(c3cc(N(C)C)cnn3)CC2)cc1C. The minimum atomic E-state index is -3.50. The second kappa shape index (κ2) is 7.44. The summed E-state index contributed by atoms with van der Waals surface area (Å²) in [5.74, 6) is 0.778. The summed E-state index contributed by atoms with van der Waals surface area (Å²) in [7, 11) is 0.414. The molecular formula is C19H27N5O2S. The van der Waals surface area contributed by atoms with Crippen molar-refractivity contribution in [2.24, 2.45) is 0 Å². The van der Waals surface area contributed by atoms with Gasteiger partial charge in [0.25, 0.3) is 0 Å². The second-order valence-electron chi connectivity index (χ2n) is 7.26. The number of nitrogens with zero attached hydrogens (tertiary/aromatic N) is 5. The van der Waals surface area contributed by atoms with Crippen molar-refractivity contribution in [3.8, 4) is 0 Å². The van der Waals surface area contributed by atoms with E-state index in [2.05, 4.69) is 15.1 Å². The summed E-state index contributed by atoms with van der Waals surface area (Å²) in [6, 6.07) is 5.71. The van der Waals surface area contributed by atoms with E-state index in [0.29, 0.717) is 31.1 Å². The van der Waals surface area contributed by atoms with Crippen LogP contribution in [-0.2, 0) is 10.0 Å². The summed E-state index contributed by atoms with van der Waals surface area (Å²) in [6.07, 6.45) is 1.71. The molecule has 0 saturated carbocycles. The Hall–Kier alpha value is -2.19. The van der Waals surface area contributed by atoms with Gasteiger partial charge in [-0.25, -0.2) is 8.42 Å². The molecule has 0 amide bonds. The Labute approximate surface area is 161 Å². The van der Waals surface area contributed by atoms with E-state index < -0.39 is 10.0 Å². The Morgan fingerprint density at radius 1 is 0.926 bits per heavy atom. The summed E-state index contributed by atoms with van der Waals surface area (Å²) >= 11 is 0. The van der Waals surface area contributed by atoms with Crippen LogP contribution in [0.25, 0.3) is 0 Å². The fourth-order valence-corrected chi connectivity index (χ4v) is 4.97. The van der Waals surface area contributed by atoms with Gasteiger partial charge in [0.2, 0.25) is 10.0 Å². The van der Waals surface area contributed by atoms with Crippen molar-refractivity contribution in [1.29, 1.82) is 0 Å². The molecule has 1 saturated heterocycles. The summed E-state index contributed by atoms with van der Waals surface area (Å²) in [4.78, 5) is 4.47. The van der Waals surface area contributed by atoms with Gasteiger partial charge < -0.3 is 9.80 Å². The zero-order valence-corrected chi connectivity index (χ0v) is 17.4. The van der Waals surface area contributed by atoms with Crippen LogP contribution in [0.1, 0.15) is 16.7 Å². The molecule has 0 bridgehead atoms. The van der Waals surface area contributed by atoms with Gasteiger partial charge in [-0.2, -0.15) is 9.40 Å². The molecule has 1 aromatic carbocycles. The number of rotatable bonds is 4. The van der Waals surface area contributed by atoms with Gasteiger partial charge in [-0.1, -0.05) is 6.07 Å². The normalized spacial score (nSPS) is 15.8. The topological polar surface area (TPSA) is 69.6 Å². The van der Waals surface area contributed by atoms with Gasteiger partial charge in [0.15, 0.2) is 5.82 Å². The average Bonchev–Trinajstić information content (AvgIpc) is 2.64. The van der Waals surface area contributed by atoms with Gasteiger partial charge in [0, 0.05) is 46.3 Å². The standard InChI is InChI=1S/C19H27N5O2S/c1-14-10-16(3)18(11-15(14)2)27(25,26)24-8-6-23(7-9-24)19-12-17(22(4)5)13-20-21-19/h10-13H,6-9H2,1-5H3. The Kier molecular flexibility index (Phi) is 5.39. The predicted octanol–water partition coefficient (Wildman–Crippen LogP) is 1.98. The molecule has 0 aliphatic carbocycles. The molecule has 27 heavy (non-hydrogen) atoms. The molecule has 0 atom stereocenters. The smallest absolute Gasteiger partial charge is 0.243 e. The summed E-state index contributed by atoms with van der Waals surface area (Å²) in [5, 5.41) is 8.27. The highest BCUT2D eigenvalue weighted by molar-refractivity contribution is 7.89. The maximum atomic E-state index is 13.1. The number of benzene rings is 1. The fraction of sp³-hybridized carbons (Fsp3) is 0.474. The van der Waals surface area contributed by atoms with Gasteiger partial charge in [0.05, 0.1) is 16.8 Å². The first-order chi connectivity index (χ1) is 12.7. The Balaban J connectivity index is 1.77. The van der Waals surface area contributed by atoms with Gasteiger partial charge in [-0.3, -0.25) is 0 Å². The first kappa shape index (κ1) is 19.6. The molecule has 0 radical (unpaired) electrons. The van der Waals surface area contributed by atoms with E-state index in [1.807, 2.05) is 51.9 Å². The highest BCUT2D eigenvalue weighted by atomic mass is 32.2. The van der Waals surface area contributed by atoms with Gasteiger partial charge in [-0.05, 0) is 43.5 Å². The van der Waals surface area contributed by atoms with Crippen molar-refractivity contribution in [1.82, 2.24) is 14.5 Å². The van der Waals surface area contributed by atoms with Crippen molar-refractivity contribution < 1.29 is 8.42 Å². The van der Waals surface area contributed by atoms with E-state index >= 15 is 0 Å². The number of aromatic nitrogens is 2. The third kappa shape index (κ3) is 3.91. The fourth-order valence-electron chi connectivity index (χ4n) is 3.25. The number of aryl methyl sites for hydroxylation is 3. The molecule has 2 aromatic rings. The third-order valence-corrected chi connectivity index (χ3v) is 7.16. The minimum Gasteiger partial charge on any atom is -0.376 e. The molecule has 2 heterocycles. The van der Waals surface area contributed by atoms with Crippen molar-refractivity contribution in [2.45, 2.75) is 25.7 Å². The van der Waals surface area contributed by atoms with Crippen LogP contribution in [0, 0.1) is 20.8 Å². The lowest BCUT2D eigenvalue weighted by Gasteiger charge is -2.35. The molecule has 8 heteroatoms. The van der Waals surface area contributed by atoms with Gasteiger partial charge >= 0.3 is 0 Å². The van der Waals surface area contributed by atoms with E-state index in [-0.39, 0.29) is 0 Å². The predicted molar refractivity (Wildman–Crippen MR) is 108 cm³/mol. The lowest BCUT2D eigenvalue weighted by molar-refractivity contribution is 0.383. The molecule has 0 N–H and O–H groups in total. The van der Waals surface area contributed by atoms with E-state index in [0.717, 1.165) is 28.2 Å². The molecule has 7 nitrogen and oxygen atoms in total. The van der Waals surface area contributed by atoms with Crippen LogP contribution < -0.4 is 9.80 Å². The maximum Gasteiger partial charge on any atom is 0.243 e. The van der Waals surface area contributed by atoms with E-state index in [9.17, 15) is 8.42 Å². The molecule has 1 fully saturated rings. The lowest BCUT2D eigenvalue weighted by atomic mass is 10.1. The molecule has 3 rings (SSSR count). The number of anilines is 2. The van der Waals surface area contributed by atoms with Crippen LogP contribution in [0.4, 0.5) is 11.5 Å². The third-order valence-electron chi connectivity index (χ3n) is 5.12. The summed E-state index contributed by atoms with van der Waals surface area (Å²) < 4.78 is 27.8. The van der Waals surface area contributed by atoms with Crippen LogP contribution in [-0.4, -0.2) is 63.2 Å². The molecule has 1 aliphatic heterocycles. The quantitative estimate of drug-likeness (QED) is 0.796. The first-order valence-electron chi connectivity index (χ1n) is 9.03. The van der Waals surface area contributed by atoms with Crippen molar-refractivity contribution in [3.05, 3.63) is 41.1 Å². The van der Waals surface area contributed by atoms with E-state index in [1.165, 1.54) is 0 Å². The largest absolute Gasteiger partial charge is 0.376 e. The van der Waals surface area contributed by atoms with Crippen LogP contribution in [0.3, 0.4) is 0 Å². The zero-order valence-electron chi connectivity index (χ0n) is 16.6. The zero-order chi connectivity index (χ0) is 19.8. The van der Waals surface area contributed by atoms with E-state index in [1.54, 1.807) is 16.6 Å². The van der Waals surface area contributed by atoms with Crippen LogP contribution >= 0.6 is 0 Å². The van der Waals surface area contributed by atoms with Crippen LogP contribution in [0.2, 0.25) is 0 Å². The molecule has 146 valence electrons. The van der Waals surface area contributed by atoms with Gasteiger partial charge in [0.1, 0.15) is 0 Å². The van der Waals surface area contributed by atoms with Crippen molar-refractivity contribution in [2.75, 3.05) is 50.1 Å². The number of sulfonamides is 1. The first-order valence-corrected chi connectivity index (χ1v) is 10.5. The molecule has 0 unspecified atom stereocenters. The average molecular weight is 390 g/mol. The second-order valence-corrected chi connectivity index (χ2v) is 9.17. The Bertz CT molecular complexity index is 935. The number of piperazine rings is 1. The van der Waals surface area contributed by atoms with Gasteiger partial charge in [-0.15, -0.1) is 5.10 Å². The molecular weight excluding hydrogens is 362 g/mol. The Morgan fingerprint density at radius 2 is 1.56 bits per heavy atom.